The quantitative estimate of drug-likeness (QED) is 0.311. The van der Waals surface area contributed by atoms with E-state index in [0.29, 0.717) is 12.4 Å². The van der Waals surface area contributed by atoms with Crippen LogP contribution in [0, 0.1) is 6.92 Å². The van der Waals surface area contributed by atoms with Crippen LogP contribution >= 0.6 is 0 Å². The smallest absolute Gasteiger partial charge is 0.214 e. The van der Waals surface area contributed by atoms with E-state index in [1.807, 2.05) is 24.3 Å². The lowest BCUT2D eigenvalue weighted by atomic mass is 9.92. The predicted molar refractivity (Wildman–Crippen MR) is 136 cm³/mol. The molecule has 0 bridgehead atoms. The summed E-state index contributed by atoms with van der Waals surface area (Å²) in [6.07, 6.45) is 5.32. The first-order valence-electron chi connectivity index (χ1n) is 12.0. The van der Waals surface area contributed by atoms with Gasteiger partial charge in [-0.2, -0.15) is 4.98 Å². The number of rotatable bonds is 5. The molecular weight excluding hydrogens is 436 g/mol. The fourth-order valence-electron chi connectivity index (χ4n) is 4.88. The molecule has 6 heteroatoms. The zero-order valence-corrected chi connectivity index (χ0v) is 19.9. The summed E-state index contributed by atoms with van der Waals surface area (Å²) in [5, 5.41) is 4.00. The lowest BCUT2D eigenvalue weighted by Gasteiger charge is -2.13. The molecule has 6 nitrogen and oxygen atoms in total. The summed E-state index contributed by atoms with van der Waals surface area (Å²) < 4.78 is 13.6. The third-order valence-corrected chi connectivity index (χ3v) is 6.55. The van der Waals surface area contributed by atoms with Gasteiger partial charge in [-0.05, 0) is 65.4 Å². The van der Waals surface area contributed by atoms with Gasteiger partial charge in [0.15, 0.2) is 5.82 Å². The normalized spacial score (nSPS) is 13.9. The van der Waals surface area contributed by atoms with Crippen LogP contribution in [0.25, 0.3) is 22.7 Å². The van der Waals surface area contributed by atoms with Crippen molar-refractivity contribution in [3.63, 3.8) is 0 Å². The van der Waals surface area contributed by atoms with Crippen LogP contribution in [0.2, 0.25) is 0 Å². The number of benzene rings is 3. The topological polar surface area (TPSA) is 66.0 Å². The average molecular weight is 463 g/mol. The fourth-order valence-corrected chi connectivity index (χ4v) is 4.88. The van der Waals surface area contributed by atoms with Crippen molar-refractivity contribution in [2.45, 2.75) is 39.8 Å². The van der Waals surface area contributed by atoms with Crippen LogP contribution < -0.4 is 4.74 Å². The minimum Gasteiger partial charge on any atom is -0.488 e. The van der Waals surface area contributed by atoms with Crippen LogP contribution in [0.5, 0.6) is 5.75 Å². The summed E-state index contributed by atoms with van der Waals surface area (Å²) in [6.45, 7) is 5.59. The van der Waals surface area contributed by atoms with Gasteiger partial charge >= 0.3 is 0 Å². The van der Waals surface area contributed by atoms with Crippen LogP contribution in [0.4, 0.5) is 0 Å². The molecule has 0 atom stereocenters. The molecule has 0 saturated heterocycles. The first-order valence-corrected chi connectivity index (χ1v) is 12.0. The van der Waals surface area contributed by atoms with E-state index in [0.717, 1.165) is 58.7 Å². The maximum atomic E-state index is 6.24. The van der Waals surface area contributed by atoms with Gasteiger partial charge in [-0.3, -0.25) is 0 Å². The van der Waals surface area contributed by atoms with Crippen molar-refractivity contribution < 1.29 is 9.26 Å². The highest BCUT2D eigenvalue weighted by molar-refractivity contribution is 5.93. The second kappa shape index (κ2) is 8.87. The highest BCUT2D eigenvalue weighted by Gasteiger charge is 2.21. The summed E-state index contributed by atoms with van der Waals surface area (Å²) in [5.74, 6) is 2.52. The Morgan fingerprint density at radius 2 is 1.94 bits per heavy atom. The molecule has 0 unspecified atom stereocenters. The van der Waals surface area contributed by atoms with Gasteiger partial charge in [0.05, 0.1) is 11.0 Å². The first kappa shape index (κ1) is 21.4. The molecule has 0 radical (unpaired) electrons. The van der Waals surface area contributed by atoms with E-state index in [1.54, 1.807) is 0 Å². The van der Waals surface area contributed by atoms with Gasteiger partial charge in [-0.1, -0.05) is 54.5 Å². The summed E-state index contributed by atoms with van der Waals surface area (Å²) >= 11 is 0. The number of aryl methyl sites for hydroxylation is 2. The third kappa shape index (κ3) is 3.91. The molecular formula is C29H26N4O2. The minimum atomic E-state index is 0.495. The zero-order valence-electron chi connectivity index (χ0n) is 19.9. The Morgan fingerprint density at radius 1 is 1.03 bits per heavy atom. The number of ether oxygens (including phenoxy) is 1. The Labute approximate surface area is 203 Å². The van der Waals surface area contributed by atoms with Gasteiger partial charge in [-0.15, -0.1) is 0 Å². The molecule has 0 amide bonds. The van der Waals surface area contributed by atoms with Crippen molar-refractivity contribution in [3.8, 4) is 5.75 Å². The second-order valence-electron chi connectivity index (χ2n) is 8.93. The summed E-state index contributed by atoms with van der Waals surface area (Å²) in [6, 6.07) is 21.1. The van der Waals surface area contributed by atoms with Gasteiger partial charge in [-0.25, -0.2) is 4.98 Å². The van der Waals surface area contributed by atoms with Crippen LogP contribution in [0.1, 0.15) is 52.8 Å². The highest BCUT2D eigenvalue weighted by atomic mass is 16.5. The van der Waals surface area contributed by atoms with Gasteiger partial charge < -0.3 is 13.8 Å². The minimum absolute atomic E-state index is 0.495. The van der Waals surface area contributed by atoms with Crippen LogP contribution in [-0.2, 0) is 19.6 Å². The average Bonchev–Trinajstić information content (AvgIpc) is 3.48. The first-order chi connectivity index (χ1) is 17.2. The molecule has 0 saturated carbocycles. The number of hydrogen-bond acceptors (Lipinski definition) is 5. The van der Waals surface area contributed by atoms with E-state index in [2.05, 4.69) is 71.0 Å². The highest BCUT2D eigenvalue weighted by Crippen LogP contribution is 2.38. The van der Waals surface area contributed by atoms with Crippen molar-refractivity contribution in [1.82, 2.24) is 19.7 Å². The fraction of sp³-hybridized carbons (Fsp3) is 0.207. The molecule has 35 heavy (non-hydrogen) atoms. The molecule has 0 aliphatic carbocycles. The molecule has 0 spiro atoms. The number of aromatic nitrogens is 4. The Kier molecular flexibility index (Phi) is 5.41. The van der Waals surface area contributed by atoms with E-state index in [9.17, 15) is 0 Å². The van der Waals surface area contributed by atoms with Crippen molar-refractivity contribution in [2.75, 3.05) is 0 Å². The largest absolute Gasteiger partial charge is 0.488 e. The van der Waals surface area contributed by atoms with Crippen LogP contribution in [0.15, 0.2) is 71.6 Å². The maximum absolute atomic E-state index is 6.24. The molecule has 5 aromatic rings. The Morgan fingerprint density at radius 3 is 2.80 bits per heavy atom. The molecule has 3 heterocycles. The molecule has 3 aromatic carbocycles. The number of nitrogens with zero attached hydrogens (tertiary/aromatic N) is 4. The zero-order chi connectivity index (χ0) is 23.8. The van der Waals surface area contributed by atoms with Gasteiger partial charge in [0.25, 0.3) is 0 Å². The summed E-state index contributed by atoms with van der Waals surface area (Å²) in [5.41, 5.74) is 8.99. The maximum Gasteiger partial charge on any atom is 0.214 e. The second-order valence-corrected chi connectivity index (χ2v) is 8.93. The summed E-state index contributed by atoms with van der Waals surface area (Å²) in [4.78, 5) is 9.20. The lowest BCUT2D eigenvalue weighted by molar-refractivity contribution is 0.307. The van der Waals surface area contributed by atoms with Crippen molar-refractivity contribution in [3.05, 3.63) is 107 Å². The number of fused-ring (bicyclic) bond motifs is 3. The van der Waals surface area contributed by atoms with E-state index >= 15 is 0 Å². The van der Waals surface area contributed by atoms with Gasteiger partial charge in [0.1, 0.15) is 18.2 Å². The molecule has 1 aliphatic heterocycles. The number of para-hydroxylation sites is 2. The third-order valence-electron chi connectivity index (χ3n) is 6.55. The molecule has 1 aliphatic rings. The van der Waals surface area contributed by atoms with Gasteiger partial charge in [0.2, 0.25) is 6.39 Å². The van der Waals surface area contributed by atoms with Crippen LogP contribution in [-0.4, -0.2) is 19.7 Å². The molecule has 0 fully saturated rings. The van der Waals surface area contributed by atoms with E-state index in [-0.39, 0.29) is 0 Å². The summed E-state index contributed by atoms with van der Waals surface area (Å²) in [7, 11) is 0. The number of hydrogen-bond donors (Lipinski definition) is 0. The van der Waals surface area contributed by atoms with Crippen LogP contribution in [0.3, 0.4) is 0 Å². The molecule has 6 rings (SSSR count). The predicted octanol–water partition coefficient (Wildman–Crippen LogP) is 6.21. The molecule has 174 valence electrons. The SMILES string of the molecule is CCCc1nc2c(C)cccc2n1Cc1ccc2c(c1)COc1ccccc1/C2=C/c1ncon1. The van der Waals surface area contributed by atoms with E-state index in [4.69, 9.17) is 14.2 Å². The van der Waals surface area contributed by atoms with Crippen molar-refractivity contribution >= 4 is 22.7 Å². The molecule has 0 N–H and O–H groups in total. The van der Waals surface area contributed by atoms with Crippen molar-refractivity contribution in [1.29, 1.82) is 0 Å². The number of imidazole rings is 1. The Hall–Kier alpha value is -4.19. The van der Waals surface area contributed by atoms with Crippen molar-refractivity contribution in [2.24, 2.45) is 0 Å². The van der Waals surface area contributed by atoms with Gasteiger partial charge in [0, 0.05) is 18.5 Å². The Balaban J connectivity index is 1.44. The molecule has 2 aromatic heterocycles. The Bertz CT molecular complexity index is 1550. The standard InChI is InChI=1S/C29H26N4O2/c1-3-7-28-31-29-19(2)8-6-10-25(29)33(28)16-20-12-13-22-21(14-20)17-34-26-11-5-4-9-23(26)24(22)15-27-30-18-35-32-27/h4-6,8-15,18H,3,7,16-17H2,1-2H3/b24-15+. The lowest BCUT2D eigenvalue weighted by Crippen LogP contribution is -2.06. The monoisotopic (exact) mass is 462 g/mol. The van der Waals surface area contributed by atoms with E-state index in [1.165, 1.54) is 23.0 Å². The van der Waals surface area contributed by atoms with E-state index < -0.39 is 0 Å².